The molecular formula is C10H10ClN3. The topological polar surface area (TPSA) is 41.6 Å². The molecule has 0 atom stereocenters. The van der Waals surface area contributed by atoms with Crippen LogP contribution >= 0.6 is 11.6 Å². The number of aryl methyl sites for hydroxylation is 2. The Morgan fingerprint density at radius 2 is 1.93 bits per heavy atom. The van der Waals surface area contributed by atoms with Crippen LogP contribution in [0.15, 0.2) is 18.3 Å². The van der Waals surface area contributed by atoms with Crippen molar-refractivity contribution < 1.29 is 0 Å². The maximum atomic E-state index is 6.00. The van der Waals surface area contributed by atoms with Gasteiger partial charge in [-0.1, -0.05) is 11.6 Å². The average Bonchev–Trinajstić information content (AvgIpc) is 2.64. The first-order valence-electron chi connectivity index (χ1n) is 4.33. The van der Waals surface area contributed by atoms with Crippen LogP contribution in [0.4, 0.5) is 0 Å². The van der Waals surface area contributed by atoms with E-state index in [9.17, 15) is 0 Å². The highest BCUT2D eigenvalue weighted by Crippen LogP contribution is 2.23. The summed E-state index contributed by atoms with van der Waals surface area (Å²) in [5.41, 5.74) is 3.37. The number of halogens is 1. The Morgan fingerprint density at radius 1 is 1.21 bits per heavy atom. The molecule has 2 heterocycles. The Labute approximate surface area is 87.2 Å². The quantitative estimate of drug-likeness (QED) is 0.781. The highest BCUT2D eigenvalue weighted by molar-refractivity contribution is 6.31. The van der Waals surface area contributed by atoms with E-state index in [-0.39, 0.29) is 0 Å². The third kappa shape index (κ3) is 1.51. The number of H-pyrrole nitrogens is 1. The summed E-state index contributed by atoms with van der Waals surface area (Å²) in [7, 11) is 0. The smallest absolute Gasteiger partial charge is 0.157 e. The minimum atomic E-state index is 0.440. The van der Waals surface area contributed by atoms with Gasteiger partial charge in [-0.05, 0) is 26.0 Å². The van der Waals surface area contributed by atoms with Crippen LogP contribution in [0.2, 0.25) is 5.15 Å². The lowest BCUT2D eigenvalue weighted by Gasteiger charge is -2.04. The van der Waals surface area contributed by atoms with Crippen LogP contribution < -0.4 is 0 Å². The van der Waals surface area contributed by atoms with E-state index in [1.807, 2.05) is 32.2 Å². The predicted molar refractivity (Wildman–Crippen MR) is 56.3 cm³/mol. The lowest BCUT2D eigenvalue weighted by atomic mass is 10.3. The summed E-state index contributed by atoms with van der Waals surface area (Å²) in [6, 6.07) is 3.83. The lowest BCUT2D eigenvalue weighted by molar-refractivity contribution is 1.05. The maximum absolute atomic E-state index is 6.00. The molecule has 0 unspecified atom stereocenters. The van der Waals surface area contributed by atoms with Crippen LogP contribution in [0.1, 0.15) is 11.4 Å². The SMILES string of the molecule is Cc1nc(Cl)c(-c2ccc[nH]2)nc1C. The van der Waals surface area contributed by atoms with Gasteiger partial charge in [0.1, 0.15) is 5.69 Å². The molecule has 0 aliphatic rings. The molecule has 0 fully saturated rings. The van der Waals surface area contributed by atoms with Gasteiger partial charge in [-0.3, -0.25) is 0 Å². The molecule has 0 amide bonds. The second-order valence-electron chi connectivity index (χ2n) is 3.12. The summed E-state index contributed by atoms with van der Waals surface area (Å²) in [6.45, 7) is 3.82. The van der Waals surface area contributed by atoms with E-state index in [1.165, 1.54) is 0 Å². The molecule has 72 valence electrons. The summed E-state index contributed by atoms with van der Waals surface area (Å²) in [5.74, 6) is 0. The van der Waals surface area contributed by atoms with E-state index in [4.69, 9.17) is 11.6 Å². The summed E-state index contributed by atoms with van der Waals surface area (Å²) in [6.07, 6.45) is 1.84. The van der Waals surface area contributed by atoms with Gasteiger partial charge in [-0.25, -0.2) is 9.97 Å². The average molecular weight is 208 g/mol. The number of nitrogens with zero attached hydrogens (tertiary/aromatic N) is 2. The fraction of sp³-hybridized carbons (Fsp3) is 0.200. The molecule has 2 aromatic heterocycles. The van der Waals surface area contributed by atoms with E-state index >= 15 is 0 Å². The minimum Gasteiger partial charge on any atom is -0.360 e. The van der Waals surface area contributed by atoms with Crippen molar-refractivity contribution in [3.63, 3.8) is 0 Å². The highest BCUT2D eigenvalue weighted by Gasteiger charge is 2.09. The van der Waals surface area contributed by atoms with Crippen molar-refractivity contribution in [1.82, 2.24) is 15.0 Å². The summed E-state index contributed by atoms with van der Waals surface area (Å²) in [4.78, 5) is 11.7. The number of aromatic amines is 1. The van der Waals surface area contributed by atoms with E-state index in [0.717, 1.165) is 17.1 Å². The first-order chi connectivity index (χ1) is 6.68. The Kier molecular flexibility index (Phi) is 2.25. The van der Waals surface area contributed by atoms with Crippen molar-refractivity contribution in [2.45, 2.75) is 13.8 Å². The van der Waals surface area contributed by atoms with Gasteiger partial charge in [-0.2, -0.15) is 0 Å². The first-order valence-corrected chi connectivity index (χ1v) is 4.71. The predicted octanol–water partition coefficient (Wildman–Crippen LogP) is 2.74. The van der Waals surface area contributed by atoms with Crippen LogP contribution in [0.5, 0.6) is 0 Å². The maximum Gasteiger partial charge on any atom is 0.157 e. The van der Waals surface area contributed by atoms with E-state index in [2.05, 4.69) is 15.0 Å². The molecule has 0 aliphatic carbocycles. The Bertz CT molecular complexity index is 449. The van der Waals surface area contributed by atoms with Crippen LogP contribution in [-0.2, 0) is 0 Å². The zero-order valence-electron chi connectivity index (χ0n) is 8.00. The monoisotopic (exact) mass is 207 g/mol. The van der Waals surface area contributed by atoms with Crippen LogP contribution in [0.3, 0.4) is 0 Å². The third-order valence-electron chi connectivity index (χ3n) is 2.12. The molecule has 0 radical (unpaired) electrons. The molecule has 2 aromatic rings. The molecule has 1 N–H and O–H groups in total. The van der Waals surface area contributed by atoms with E-state index < -0.39 is 0 Å². The van der Waals surface area contributed by atoms with Crippen LogP contribution in [0.25, 0.3) is 11.4 Å². The van der Waals surface area contributed by atoms with Gasteiger partial charge in [0.05, 0.1) is 17.1 Å². The molecule has 4 heteroatoms. The Morgan fingerprint density at radius 3 is 2.57 bits per heavy atom. The number of nitrogens with one attached hydrogen (secondary N) is 1. The van der Waals surface area contributed by atoms with Crippen LogP contribution in [0, 0.1) is 13.8 Å². The van der Waals surface area contributed by atoms with Crippen molar-refractivity contribution >= 4 is 11.6 Å². The standard InChI is InChI=1S/C10H10ClN3/c1-6-7(2)14-10(11)9(13-6)8-4-3-5-12-8/h3-5,12H,1-2H3. The Balaban J connectivity index is 2.60. The summed E-state index contributed by atoms with van der Waals surface area (Å²) < 4.78 is 0. The van der Waals surface area contributed by atoms with Crippen molar-refractivity contribution in [1.29, 1.82) is 0 Å². The summed E-state index contributed by atoms with van der Waals surface area (Å²) >= 11 is 6.00. The molecule has 0 aromatic carbocycles. The van der Waals surface area contributed by atoms with Crippen molar-refractivity contribution in [2.75, 3.05) is 0 Å². The van der Waals surface area contributed by atoms with Gasteiger partial charge in [0.15, 0.2) is 5.15 Å². The van der Waals surface area contributed by atoms with Gasteiger partial charge < -0.3 is 4.98 Å². The van der Waals surface area contributed by atoms with Crippen molar-refractivity contribution in [2.24, 2.45) is 0 Å². The third-order valence-corrected chi connectivity index (χ3v) is 2.38. The fourth-order valence-electron chi connectivity index (χ4n) is 1.22. The fourth-order valence-corrected chi connectivity index (χ4v) is 1.50. The molecule has 3 nitrogen and oxygen atoms in total. The van der Waals surface area contributed by atoms with Crippen molar-refractivity contribution in [3.05, 3.63) is 34.9 Å². The van der Waals surface area contributed by atoms with Gasteiger partial charge >= 0.3 is 0 Å². The molecule has 0 spiro atoms. The van der Waals surface area contributed by atoms with Gasteiger partial charge in [0.2, 0.25) is 0 Å². The minimum absolute atomic E-state index is 0.440. The molecule has 14 heavy (non-hydrogen) atoms. The zero-order chi connectivity index (χ0) is 10.1. The first kappa shape index (κ1) is 9.21. The summed E-state index contributed by atoms with van der Waals surface area (Å²) in [5, 5.41) is 0.440. The van der Waals surface area contributed by atoms with E-state index in [0.29, 0.717) is 10.8 Å². The molecule has 0 bridgehead atoms. The Hall–Kier alpha value is -1.35. The molecular weight excluding hydrogens is 198 g/mol. The molecule has 0 saturated carbocycles. The highest BCUT2D eigenvalue weighted by atomic mass is 35.5. The number of hydrogen-bond donors (Lipinski definition) is 1. The van der Waals surface area contributed by atoms with Gasteiger partial charge in [0.25, 0.3) is 0 Å². The van der Waals surface area contributed by atoms with Gasteiger partial charge in [-0.15, -0.1) is 0 Å². The second kappa shape index (κ2) is 3.42. The van der Waals surface area contributed by atoms with E-state index in [1.54, 1.807) is 0 Å². The van der Waals surface area contributed by atoms with Gasteiger partial charge in [0, 0.05) is 6.20 Å². The normalized spacial score (nSPS) is 10.5. The largest absolute Gasteiger partial charge is 0.360 e. The molecule has 2 rings (SSSR count). The lowest BCUT2D eigenvalue weighted by Crippen LogP contribution is -1.96. The second-order valence-corrected chi connectivity index (χ2v) is 3.48. The van der Waals surface area contributed by atoms with Crippen LogP contribution in [-0.4, -0.2) is 15.0 Å². The zero-order valence-corrected chi connectivity index (χ0v) is 8.76. The van der Waals surface area contributed by atoms with Crippen molar-refractivity contribution in [3.8, 4) is 11.4 Å². The molecule has 0 saturated heterocycles. The number of rotatable bonds is 1. The number of aromatic nitrogens is 3. The molecule has 0 aliphatic heterocycles. The number of hydrogen-bond acceptors (Lipinski definition) is 2.